The molecule has 7 nitrogen and oxygen atoms in total. The summed E-state index contributed by atoms with van der Waals surface area (Å²) < 4.78 is 9.60. The second-order valence-corrected chi connectivity index (χ2v) is 4.52. The molecule has 2 N–H and O–H groups in total. The quantitative estimate of drug-likeness (QED) is 0.561. The molecular formula is C15H20N2O5. The van der Waals surface area contributed by atoms with E-state index in [1.807, 2.05) is 0 Å². The lowest BCUT2D eigenvalue weighted by Crippen LogP contribution is -2.16. The van der Waals surface area contributed by atoms with Gasteiger partial charge in [0, 0.05) is 31.8 Å². The van der Waals surface area contributed by atoms with Gasteiger partial charge in [-0.15, -0.1) is 0 Å². The van der Waals surface area contributed by atoms with Crippen molar-refractivity contribution in [3.8, 4) is 0 Å². The molecule has 0 saturated carbocycles. The van der Waals surface area contributed by atoms with Gasteiger partial charge < -0.3 is 20.1 Å². The van der Waals surface area contributed by atoms with Gasteiger partial charge in [0.1, 0.15) is 6.61 Å². The second-order valence-electron chi connectivity index (χ2n) is 4.52. The Morgan fingerprint density at radius 1 is 1.05 bits per heavy atom. The molecule has 0 bridgehead atoms. The van der Waals surface area contributed by atoms with Crippen molar-refractivity contribution in [3.05, 3.63) is 24.3 Å². The summed E-state index contributed by atoms with van der Waals surface area (Å²) in [6.07, 6.45) is 0.0249. The molecule has 0 radical (unpaired) electrons. The van der Waals surface area contributed by atoms with Crippen molar-refractivity contribution in [2.45, 2.75) is 19.8 Å². The third-order valence-corrected chi connectivity index (χ3v) is 2.57. The number of methoxy groups -OCH3 is 1. The van der Waals surface area contributed by atoms with Crippen LogP contribution >= 0.6 is 0 Å². The predicted octanol–water partition coefficient (Wildman–Crippen LogP) is 1.55. The fourth-order valence-electron chi connectivity index (χ4n) is 1.63. The van der Waals surface area contributed by atoms with Crippen molar-refractivity contribution < 1.29 is 23.9 Å². The van der Waals surface area contributed by atoms with E-state index in [1.165, 1.54) is 14.0 Å². The summed E-state index contributed by atoms with van der Waals surface area (Å²) in [6, 6.07) is 6.75. The Labute approximate surface area is 129 Å². The number of benzene rings is 1. The molecule has 7 heteroatoms. The lowest BCUT2D eigenvalue weighted by Gasteiger charge is -2.08. The molecule has 1 aromatic rings. The third-order valence-electron chi connectivity index (χ3n) is 2.57. The first-order chi connectivity index (χ1) is 10.5. The number of carbonyl (C=O) groups is 3. The van der Waals surface area contributed by atoms with Crippen LogP contribution in [-0.2, 0) is 23.9 Å². The molecule has 0 aliphatic rings. The molecule has 0 atom stereocenters. The highest BCUT2D eigenvalue weighted by atomic mass is 16.6. The van der Waals surface area contributed by atoms with Gasteiger partial charge in [-0.3, -0.25) is 14.4 Å². The topological polar surface area (TPSA) is 93.7 Å². The zero-order valence-corrected chi connectivity index (χ0v) is 12.7. The summed E-state index contributed by atoms with van der Waals surface area (Å²) in [4.78, 5) is 34.1. The van der Waals surface area contributed by atoms with E-state index in [0.29, 0.717) is 18.0 Å². The molecule has 0 heterocycles. The normalized spacial score (nSPS) is 9.91. The summed E-state index contributed by atoms with van der Waals surface area (Å²) in [5.41, 5.74) is 1.13. The Morgan fingerprint density at radius 2 is 1.73 bits per heavy atom. The van der Waals surface area contributed by atoms with Crippen molar-refractivity contribution in [3.63, 3.8) is 0 Å². The van der Waals surface area contributed by atoms with Crippen LogP contribution in [0.4, 0.5) is 11.4 Å². The monoisotopic (exact) mass is 308 g/mol. The highest BCUT2D eigenvalue weighted by Gasteiger charge is 2.08. The van der Waals surface area contributed by atoms with E-state index in [2.05, 4.69) is 10.6 Å². The number of carbonyl (C=O) groups excluding carboxylic acids is 3. The SMILES string of the molecule is COCCOC(=O)CCC(=O)Nc1cccc(NC(C)=O)c1. The summed E-state index contributed by atoms with van der Waals surface area (Å²) in [6.45, 7) is 1.91. The number of hydrogen-bond acceptors (Lipinski definition) is 5. The van der Waals surface area contributed by atoms with E-state index in [0.717, 1.165) is 0 Å². The van der Waals surface area contributed by atoms with E-state index in [-0.39, 0.29) is 31.3 Å². The van der Waals surface area contributed by atoms with Gasteiger partial charge in [-0.25, -0.2) is 0 Å². The zero-order valence-electron chi connectivity index (χ0n) is 12.7. The van der Waals surface area contributed by atoms with E-state index in [9.17, 15) is 14.4 Å². The fourth-order valence-corrected chi connectivity index (χ4v) is 1.63. The van der Waals surface area contributed by atoms with Gasteiger partial charge in [0.05, 0.1) is 13.0 Å². The molecule has 0 aliphatic heterocycles. The van der Waals surface area contributed by atoms with Crippen LogP contribution < -0.4 is 10.6 Å². The molecule has 1 rings (SSSR count). The number of nitrogens with one attached hydrogen (secondary N) is 2. The number of amides is 2. The number of rotatable bonds is 8. The maximum Gasteiger partial charge on any atom is 0.306 e. The summed E-state index contributed by atoms with van der Waals surface area (Å²) in [5.74, 6) is -0.940. The number of anilines is 2. The maximum absolute atomic E-state index is 11.7. The van der Waals surface area contributed by atoms with Crippen LogP contribution in [0.1, 0.15) is 19.8 Å². The average molecular weight is 308 g/mol. The molecule has 1 aromatic carbocycles. The lowest BCUT2D eigenvalue weighted by atomic mass is 10.2. The summed E-state index contributed by atoms with van der Waals surface area (Å²) >= 11 is 0. The minimum atomic E-state index is -0.445. The van der Waals surface area contributed by atoms with Crippen molar-refractivity contribution in [2.75, 3.05) is 31.0 Å². The van der Waals surface area contributed by atoms with Gasteiger partial charge in [0.2, 0.25) is 11.8 Å². The van der Waals surface area contributed by atoms with Gasteiger partial charge in [-0.05, 0) is 18.2 Å². The molecule has 0 fully saturated rings. The predicted molar refractivity (Wildman–Crippen MR) is 81.4 cm³/mol. The highest BCUT2D eigenvalue weighted by Crippen LogP contribution is 2.15. The molecule has 0 aromatic heterocycles. The van der Waals surface area contributed by atoms with Gasteiger partial charge >= 0.3 is 5.97 Å². The Kier molecular flexibility index (Phi) is 7.63. The van der Waals surface area contributed by atoms with E-state index < -0.39 is 5.97 Å². The highest BCUT2D eigenvalue weighted by molar-refractivity contribution is 5.94. The molecule has 120 valence electrons. The Balaban J connectivity index is 2.38. The van der Waals surface area contributed by atoms with Gasteiger partial charge in [0.15, 0.2) is 0 Å². The molecular weight excluding hydrogens is 288 g/mol. The van der Waals surface area contributed by atoms with Crippen LogP contribution in [0, 0.1) is 0 Å². The van der Waals surface area contributed by atoms with Crippen LogP contribution in [0.15, 0.2) is 24.3 Å². The fraction of sp³-hybridized carbons (Fsp3) is 0.400. The largest absolute Gasteiger partial charge is 0.463 e. The van der Waals surface area contributed by atoms with E-state index in [1.54, 1.807) is 24.3 Å². The second kappa shape index (κ2) is 9.51. The molecule has 0 spiro atoms. The molecule has 22 heavy (non-hydrogen) atoms. The first-order valence-corrected chi connectivity index (χ1v) is 6.83. The average Bonchev–Trinajstić information content (AvgIpc) is 2.45. The van der Waals surface area contributed by atoms with E-state index in [4.69, 9.17) is 9.47 Å². The van der Waals surface area contributed by atoms with Crippen LogP contribution in [-0.4, -0.2) is 38.1 Å². The van der Waals surface area contributed by atoms with Crippen LogP contribution in [0.5, 0.6) is 0 Å². The number of hydrogen-bond donors (Lipinski definition) is 2. The smallest absolute Gasteiger partial charge is 0.306 e. The number of esters is 1. The minimum Gasteiger partial charge on any atom is -0.463 e. The van der Waals surface area contributed by atoms with Crippen molar-refractivity contribution in [1.29, 1.82) is 0 Å². The lowest BCUT2D eigenvalue weighted by molar-refractivity contribution is -0.145. The van der Waals surface area contributed by atoms with Gasteiger partial charge in [-0.2, -0.15) is 0 Å². The standard InChI is InChI=1S/C15H20N2O5/c1-11(18)16-12-4-3-5-13(10-12)17-14(19)6-7-15(20)22-9-8-21-2/h3-5,10H,6-9H2,1-2H3,(H,16,18)(H,17,19). The van der Waals surface area contributed by atoms with Crippen molar-refractivity contribution in [2.24, 2.45) is 0 Å². The first kappa shape index (κ1) is 17.6. The Bertz CT molecular complexity index is 530. The maximum atomic E-state index is 11.7. The Morgan fingerprint density at radius 3 is 2.36 bits per heavy atom. The minimum absolute atomic E-state index is 0.000927. The molecule has 0 aliphatic carbocycles. The van der Waals surface area contributed by atoms with Crippen LogP contribution in [0.2, 0.25) is 0 Å². The molecule has 2 amide bonds. The van der Waals surface area contributed by atoms with Crippen molar-refractivity contribution >= 4 is 29.2 Å². The third kappa shape index (κ3) is 7.39. The molecule has 0 unspecified atom stereocenters. The first-order valence-electron chi connectivity index (χ1n) is 6.83. The van der Waals surface area contributed by atoms with Crippen LogP contribution in [0.25, 0.3) is 0 Å². The Hall–Kier alpha value is -2.41. The molecule has 0 saturated heterocycles. The summed E-state index contributed by atoms with van der Waals surface area (Å²) in [7, 11) is 1.51. The van der Waals surface area contributed by atoms with Crippen LogP contribution in [0.3, 0.4) is 0 Å². The van der Waals surface area contributed by atoms with E-state index >= 15 is 0 Å². The van der Waals surface area contributed by atoms with Gasteiger partial charge in [0.25, 0.3) is 0 Å². The zero-order chi connectivity index (χ0) is 16.4. The van der Waals surface area contributed by atoms with Crippen molar-refractivity contribution in [1.82, 2.24) is 0 Å². The van der Waals surface area contributed by atoms with Gasteiger partial charge in [-0.1, -0.05) is 6.07 Å². The number of ether oxygens (including phenoxy) is 2. The summed E-state index contributed by atoms with van der Waals surface area (Å²) in [5, 5.41) is 5.28.